The van der Waals surface area contributed by atoms with Crippen molar-refractivity contribution in [1.29, 1.82) is 0 Å². The molecule has 39 heavy (non-hydrogen) atoms. The zero-order valence-electron chi connectivity index (χ0n) is 22.4. The van der Waals surface area contributed by atoms with E-state index in [0.717, 1.165) is 5.56 Å². The molecular formula is C27H34N6O6. The molecule has 4 amide bonds. The summed E-state index contributed by atoms with van der Waals surface area (Å²) in [5, 5.41) is 25.7. The number of carboxylic acid groups (broad SMARTS) is 1. The lowest BCUT2D eigenvalue weighted by Gasteiger charge is -2.22. The molecule has 1 heterocycles. The molecule has 0 aromatic heterocycles. The van der Waals surface area contributed by atoms with E-state index in [1.54, 1.807) is 30.1 Å². The number of benzene rings is 2. The van der Waals surface area contributed by atoms with Crippen LogP contribution in [0.25, 0.3) is 0 Å². The van der Waals surface area contributed by atoms with Crippen molar-refractivity contribution in [3.63, 3.8) is 0 Å². The third kappa shape index (κ3) is 8.52. The number of aryl methyl sites for hydroxylation is 1. The smallest absolute Gasteiger partial charge is 0.323 e. The Labute approximate surface area is 226 Å². The van der Waals surface area contributed by atoms with Crippen molar-refractivity contribution >= 4 is 35.2 Å². The summed E-state index contributed by atoms with van der Waals surface area (Å²) in [7, 11) is 3.15. The zero-order valence-corrected chi connectivity index (χ0v) is 22.4. The topological polar surface area (TPSA) is 162 Å². The highest BCUT2D eigenvalue weighted by atomic mass is 16.5. The van der Waals surface area contributed by atoms with Gasteiger partial charge in [0.25, 0.3) is 0 Å². The molecule has 0 saturated heterocycles. The number of carbonyl (C=O) groups excluding carboxylic acids is 3. The van der Waals surface area contributed by atoms with Crippen LogP contribution in [-0.4, -0.2) is 72.6 Å². The van der Waals surface area contributed by atoms with Crippen molar-refractivity contribution in [3.8, 4) is 5.75 Å². The van der Waals surface area contributed by atoms with Crippen LogP contribution in [0.2, 0.25) is 0 Å². The number of methoxy groups -OCH3 is 1. The molecule has 0 saturated carbocycles. The Hall–Kier alpha value is -4.48. The van der Waals surface area contributed by atoms with Crippen LogP contribution in [0.15, 0.2) is 52.7 Å². The minimum atomic E-state index is -1.04. The maximum Gasteiger partial charge on any atom is 0.323 e. The highest BCUT2D eigenvalue weighted by molar-refractivity contribution is 6.01. The fraction of sp³-hybridized carbons (Fsp3) is 0.407. The number of para-hydroxylation sites is 1. The lowest BCUT2D eigenvalue weighted by Crippen LogP contribution is -2.43. The number of carbonyl (C=O) groups is 4. The zero-order chi connectivity index (χ0) is 28.5. The molecule has 0 spiro atoms. The van der Waals surface area contributed by atoms with Crippen LogP contribution < -0.4 is 20.7 Å². The number of azo groups is 1. The number of urea groups is 1. The summed E-state index contributed by atoms with van der Waals surface area (Å²) < 4.78 is 5.43. The number of nitrogens with one attached hydrogen (secondary N) is 3. The molecule has 3 atom stereocenters. The monoisotopic (exact) mass is 538 g/mol. The van der Waals surface area contributed by atoms with Gasteiger partial charge in [-0.2, -0.15) is 10.2 Å². The number of anilines is 2. The first-order valence-corrected chi connectivity index (χ1v) is 12.5. The third-order valence-electron chi connectivity index (χ3n) is 6.31. The van der Waals surface area contributed by atoms with Crippen LogP contribution in [0.3, 0.4) is 0 Å². The van der Waals surface area contributed by atoms with E-state index in [4.69, 9.17) is 9.84 Å². The Balaban J connectivity index is 1.55. The first-order chi connectivity index (χ1) is 18.5. The fourth-order valence-electron chi connectivity index (χ4n) is 4.31. The number of likely N-dealkylation sites (N-methyl/N-ethyl adjacent to an activating group) is 1. The maximum absolute atomic E-state index is 12.9. The molecule has 0 fully saturated rings. The van der Waals surface area contributed by atoms with Gasteiger partial charge >= 0.3 is 12.0 Å². The molecule has 0 radical (unpaired) electrons. The summed E-state index contributed by atoms with van der Waals surface area (Å²) in [6.07, 6.45) is 0.267. The Bertz CT molecular complexity index is 1230. The van der Waals surface area contributed by atoms with Crippen molar-refractivity contribution in [2.75, 3.05) is 31.3 Å². The molecule has 4 N–H and O–H groups in total. The van der Waals surface area contributed by atoms with Gasteiger partial charge in [-0.3, -0.25) is 14.4 Å². The largest absolute Gasteiger partial charge is 0.495 e. The van der Waals surface area contributed by atoms with Gasteiger partial charge in [0.15, 0.2) is 0 Å². The van der Waals surface area contributed by atoms with E-state index in [9.17, 15) is 19.2 Å². The van der Waals surface area contributed by atoms with Gasteiger partial charge < -0.3 is 30.7 Å². The number of nitrogens with zero attached hydrogens (tertiary/aromatic N) is 3. The molecule has 12 heteroatoms. The van der Waals surface area contributed by atoms with Crippen molar-refractivity contribution in [3.05, 3.63) is 53.6 Å². The molecule has 12 nitrogen and oxygen atoms in total. The number of aliphatic carboxylic acids is 1. The highest BCUT2D eigenvalue weighted by Gasteiger charge is 2.32. The molecule has 3 rings (SSSR count). The summed E-state index contributed by atoms with van der Waals surface area (Å²) in [6.45, 7) is 3.52. The molecule has 2 aromatic carbocycles. The first kappa shape index (κ1) is 29.1. The van der Waals surface area contributed by atoms with Gasteiger partial charge in [-0.1, -0.05) is 24.3 Å². The van der Waals surface area contributed by atoms with E-state index in [-0.39, 0.29) is 30.7 Å². The summed E-state index contributed by atoms with van der Waals surface area (Å²) >= 11 is 0. The molecule has 1 aliphatic rings. The number of hydrogen-bond donors (Lipinski definition) is 4. The van der Waals surface area contributed by atoms with Crippen LogP contribution in [0, 0.1) is 6.92 Å². The lowest BCUT2D eigenvalue weighted by molar-refractivity contribution is -0.137. The number of amides is 4. The second-order valence-corrected chi connectivity index (χ2v) is 9.47. The second-order valence-electron chi connectivity index (χ2n) is 9.47. The predicted molar refractivity (Wildman–Crippen MR) is 145 cm³/mol. The van der Waals surface area contributed by atoms with E-state index in [0.29, 0.717) is 35.7 Å². The Morgan fingerprint density at radius 2 is 1.82 bits per heavy atom. The van der Waals surface area contributed by atoms with E-state index in [2.05, 4.69) is 26.2 Å². The number of ether oxygens (including phenoxy) is 1. The van der Waals surface area contributed by atoms with Crippen LogP contribution in [0.4, 0.5) is 16.2 Å². The average molecular weight is 539 g/mol. The standard InChI is InChI=1S/C27H34N6O6/c1-16-7-5-6-8-20(16)29-27(38)30-21-10-9-18(11-24(21)39-4)12-25(35)33(3)15-19-13-23(32-31-19)22(14-26(36)37)28-17(2)34/h5-11,19,22-23H,12-15H2,1-4H3,(H,28,34)(H,36,37)(H2,29,30,38). The lowest BCUT2D eigenvalue weighted by atomic mass is 9.99. The van der Waals surface area contributed by atoms with Gasteiger partial charge in [-0.05, 0) is 42.7 Å². The SMILES string of the molecule is COc1cc(CC(=O)N(C)CC2CC(C(CC(=O)O)NC(C)=O)N=N2)ccc1NC(=O)Nc1ccccc1C. The molecule has 2 aromatic rings. The maximum atomic E-state index is 12.9. The van der Waals surface area contributed by atoms with E-state index < -0.39 is 24.1 Å². The average Bonchev–Trinajstić information content (AvgIpc) is 3.33. The van der Waals surface area contributed by atoms with Crippen LogP contribution in [0.5, 0.6) is 5.75 Å². The Kier molecular flexibility index (Phi) is 9.96. The van der Waals surface area contributed by atoms with Gasteiger partial charge in [0.2, 0.25) is 11.8 Å². The normalized spacial score (nSPS) is 16.7. The molecule has 208 valence electrons. The first-order valence-electron chi connectivity index (χ1n) is 12.5. The van der Waals surface area contributed by atoms with E-state index >= 15 is 0 Å². The van der Waals surface area contributed by atoms with Gasteiger partial charge in [0.05, 0.1) is 43.8 Å². The Morgan fingerprint density at radius 1 is 1.10 bits per heavy atom. The van der Waals surface area contributed by atoms with Gasteiger partial charge in [0.1, 0.15) is 5.75 Å². The molecule has 0 aliphatic carbocycles. The van der Waals surface area contributed by atoms with Gasteiger partial charge in [0, 0.05) is 26.2 Å². The van der Waals surface area contributed by atoms with Crippen molar-refractivity contribution < 1.29 is 29.0 Å². The quantitative estimate of drug-likeness (QED) is 0.343. The fourth-order valence-corrected chi connectivity index (χ4v) is 4.31. The second kappa shape index (κ2) is 13.4. The van der Waals surface area contributed by atoms with Crippen molar-refractivity contribution in [2.24, 2.45) is 10.2 Å². The molecule has 3 unspecified atom stereocenters. The Morgan fingerprint density at radius 3 is 2.49 bits per heavy atom. The van der Waals surface area contributed by atoms with Crippen LogP contribution in [0.1, 0.15) is 30.9 Å². The van der Waals surface area contributed by atoms with E-state index in [1.807, 2.05) is 31.2 Å². The number of rotatable bonds is 11. The number of hydrogen-bond acceptors (Lipinski definition) is 7. The summed E-state index contributed by atoms with van der Waals surface area (Å²) in [4.78, 5) is 49.6. The highest BCUT2D eigenvalue weighted by Crippen LogP contribution is 2.27. The minimum Gasteiger partial charge on any atom is -0.495 e. The molecule has 1 aliphatic heterocycles. The van der Waals surface area contributed by atoms with Crippen molar-refractivity contribution in [2.45, 2.75) is 51.2 Å². The third-order valence-corrected chi connectivity index (χ3v) is 6.31. The summed E-state index contributed by atoms with van der Waals surface area (Å²) in [5.74, 6) is -1.12. The number of carboxylic acids is 1. The molecule has 0 bridgehead atoms. The summed E-state index contributed by atoms with van der Waals surface area (Å²) in [5.41, 5.74) is 2.78. The predicted octanol–water partition coefficient (Wildman–Crippen LogP) is 3.22. The summed E-state index contributed by atoms with van der Waals surface area (Å²) in [6, 6.07) is 10.7. The minimum absolute atomic E-state index is 0.101. The molecular weight excluding hydrogens is 504 g/mol. The van der Waals surface area contributed by atoms with Gasteiger partial charge in [-0.25, -0.2) is 4.79 Å². The van der Waals surface area contributed by atoms with Crippen molar-refractivity contribution in [1.82, 2.24) is 10.2 Å². The van der Waals surface area contributed by atoms with E-state index in [1.165, 1.54) is 14.0 Å². The van der Waals surface area contributed by atoms with Crippen LogP contribution >= 0.6 is 0 Å². The van der Waals surface area contributed by atoms with Crippen LogP contribution in [-0.2, 0) is 20.8 Å². The van der Waals surface area contributed by atoms with Gasteiger partial charge in [-0.15, -0.1) is 0 Å².